The Hall–Kier alpha value is -3.13. The second-order valence-corrected chi connectivity index (χ2v) is 6.99. The number of carbonyl (C=O) groups is 2. The van der Waals surface area contributed by atoms with Crippen LogP contribution in [0.5, 0.6) is 5.75 Å². The van der Waals surface area contributed by atoms with E-state index in [9.17, 15) is 9.59 Å². The molecule has 1 aliphatic rings. The topological polar surface area (TPSA) is 85.9 Å². The largest absolute Gasteiger partial charge is 0.482 e. The first kappa shape index (κ1) is 21.6. The van der Waals surface area contributed by atoms with Crippen LogP contribution in [0.4, 0.5) is 0 Å². The molecule has 1 heterocycles. The number of hydrogen-bond acceptors (Lipinski definition) is 6. The summed E-state index contributed by atoms with van der Waals surface area (Å²) in [5.74, 6) is -0.465. The predicted octanol–water partition coefficient (Wildman–Crippen LogP) is 3.14. The third kappa shape index (κ3) is 4.54. The van der Waals surface area contributed by atoms with Crippen LogP contribution in [0, 0.1) is 0 Å². The van der Waals surface area contributed by atoms with Gasteiger partial charge in [-0.3, -0.25) is 0 Å². The average Bonchev–Trinajstić information content (AvgIpc) is 2.71. The molecule has 0 fully saturated rings. The number of hydrogen-bond donors (Lipinski definition) is 2. The molecule has 3 rings (SSSR count). The van der Waals surface area contributed by atoms with Gasteiger partial charge in [0.05, 0.1) is 24.8 Å². The van der Waals surface area contributed by atoms with Gasteiger partial charge >= 0.3 is 11.9 Å². The Bertz CT molecular complexity index is 1020. The van der Waals surface area contributed by atoms with Gasteiger partial charge in [-0.15, -0.1) is 0 Å². The molecule has 30 heavy (non-hydrogen) atoms. The molecule has 158 valence electrons. The summed E-state index contributed by atoms with van der Waals surface area (Å²) in [4.78, 5) is 24.6. The lowest BCUT2D eigenvalue weighted by Crippen LogP contribution is -2.45. The summed E-state index contributed by atoms with van der Waals surface area (Å²) in [6.45, 7) is 5.53. The number of fused-ring (bicyclic) bond motifs is 1. The maximum Gasteiger partial charge on any atom is 0.344 e. The molecule has 1 atom stereocenters. The van der Waals surface area contributed by atoms with Crippen molar-refractivity contribution in [3.63, 3.8) is 0 Å². The van der Waals surface area contributed by atoms with E-state index in [1.807, 2.05) is 30.3 Å². The van der Waals surface area contributed by atoms with Crippen molar-refractivity contribution in [1.29, 1.82) is 0 Å². The molecule has 0 amide bonds. The van der Waals surface area contributed by atoms with Gasteiger partial charge in [-0.2, -0.15) is 0 Å². The molecule has 2 aromatic carbocycles. The maximum atomic E-state index is 12.8. The number of thiocarbonyl (C=S) groups is 1. The van der Waals surface area contributed by atoms with E-state index in [0.29, 0.717) is 27.7 Å². The maximum absolute atomic E-state index is 12.8. The van der Waals surface area contributed by atoms with Crippen LogP contribution in [0.25, 0.3) is 10.8 Å². The Labute approximate surface area is 180 Å². The SMILES string of the molecule is CCOC(=O)COc1ccc2ccccc2c1C1NC(=S)NC(C)=C1C(=O)OCC. The van der Waals surface area contributed by atoms with Crippen molar-refractivity contribution in [2.45, 2.75) is 26.8 Å². The highest BCUT2D eigenvalue weighted by Crippen LogP contribution is 2.38. The minimum absolute atomic E-state index is 0.244. The minimum Gasteiger partial charge on any atom is -0.482 e. The molecule has 0 aromatic heterocycles. The van der Waals surface area contributed by atoms with Crippen molar-refractivity contribution in [2.24, 2.45) is 0 Å². The van der Waals surface area contributed by atoms with Gasteiger partial charge in [-0.05, 0) is 49.8 Å². The first-order valence-electron chi connectivity index (χ1n) is 9.71. The van der Waals surface area contributed by atoms with Crippen molar-refractivity contribution in [3.05, 3.63) is 53.2 Å². The Morgan fingerprint density at radius 2 is 1.80 bits per heavy atom. The van der Waals surface area contributed by atoms with Gasteiger partial charge in [0.15, 0.2) is 11.7 Å². The fourth-order valence-electron chi connectivity index (χ4n) is 3.43. The van der Waals surface area contributed by atoms with Crippen LogP contribution < -0.4 is 15.4 Å². The van der Waals surface area contributed by atoms with E-state index >= 15 is 0 Å². The number of ether oxygens (including phenoxy) is 3. The van der Waals surface area contributed by atoms with Crippen molar-refractivity contribution in [1.82, 2.24) is 10.6 Å². The second-order valence-electron chi connectivity index (χ2n) is 6.58. The first-order chi connectivity index (χ1) is 14.5. The summed E-state index contributed by atoms with van der Waals surface area (Å²) >= 11 is 5.35. The zero-order valence-corrected chi connectivity index (χ0v) is 17.9. The number of allylic oxidation sites excluding steroid dienone is 1. The highest BCUT2D eigenvalue weighted by molar-refractivity contribution is 7.80. The van der Waals surface area contributed by atoms with E-state index in [1.54, 1.807) is 26.8 Å². The molecule has 0 radical (unpaired) electrons. The van der Waals surface area contributed by atoms with E-state index in [2.05, 4.69) is 10.6 Å². The fraction of sp³-hybridized carbons (Fsp3) is 0.318. The predicted molar refractivity (Wildman–Crippen MR) is 117 cm³/mol. The van der Waals surface area contributed by atoms with Crippen LogP contribution in [0.15, 0.2) is 47.7 Å². The zero-order chi connectivity index (χ0) is 21.7. The van der Waals surface area contributed by atoms with Crippen LogP contribution in [-0.4, -0.2) is 36.9 Å². The highest BCUT2D eigenvalue weighted by Gasteiger charge is 2.34. The molecule has 1 unspecified atom stereocenters. The van der Waals surface area contributed by atoms with Gasteiger partial charge in [-0.1, -0.05) is 30.3 Å². The molecule has 1 aliphatic heterocycles. The zero-order valence-electron chi connectivity index (χ0n) is 17.1. The number of rotatable bonds is 7. The summed E-state index contributed by atoms with van der Waals surface area (Å²) in [7, 11) is 0. The number of esters is 2. The molecular formula is C22H24N2O5S. The smallest absolute Gasteiger partial charge is 0.344 e. The Kier molecular flexibility index (Phi) is 6.89. The van der Waals surface area contributed by atoms with Crippen LogP contribution in [-0.2, 0) is 19.1 Å². The van der Waals surface area contributed by atoms with Crippen molar-refractivity contribution < 1.29 is 23.8 Å². The third-order valence-corrected chi connectivity index (χ3v) is 4.85. The standard InChI is InChI=1S/C22H24N2O5S/c1-4-27-17(25)12-29-16-11-10-14-8-6-7-9-15(14)19(16)20-18(21(26)28-5-2)13(3)23-22(30)24-20/h6-11,20H,4-5,12H2,1-3H3,(H2,23,24,30). The molecular weight excluding hydrogens is 404 g/mol. The van der Waals surface area contributed by atoms with E-state index in [4.69, 9.17) is 26.4 Å². The third-order valence-electron chi connectivity index (χ3n) is 4.63. The van der Waals surface area contributed by atoms with Crippen molar-refractivity contribution in [2.75, 3.05) is 19.8 Å². The Balaban J connectivity index is 2.14. The van der Waals surface area contributed by atoms with Gasteiger partial charge < -0.3 is 24.8 Å². The summed E-state index contributed by atoms with van der Waals surface area (Å²) < 4.78 is 16.1. The van der Waals surface area contributed by atoms with Gasteiger partial charge in [0.1, 0.15) is 5.75 Å². The molecule has 0 bridgehead atoms. The normalized spacial score (nSPS) is 16.0. The second kappa shape index (κ2) is 9.58. The van der Waals surface area contributed by atoms with E-state index in [0.717, 1.165) is 10.8 Å². The molecule has 8 heteroatoms. The number of nitrogens with one attached hydrogen (secondary N) is 2. The summed E-state index contributed by atoms with van der Waals surface area (Å²) in [5.41, 5.74) is 1.71. The molecule has 0 aliphatic carbocycles. The van der Waals surface area contributed by atoms with Gasteiger partial charge in [0, 0.05) is 11.3 Å². The Morgan fingerprint density at radius 1 is 1.07 bits per heavy atom. The van der Waals surface area contributed by atoms with Crippen LogP contribution in [0.1, 0.15) is 32.4 Å². The summed E-state index contributed by atoms with van der Waals surface area (Å²) in [6.07, 6.45) is 0. The van der Waals surface area contributed by atoms with Crippen molar-refractivity contribution >= 4 is 40.0 Å². The van der Waals surface area contributed by atoms with Crippen LogP contribution >= 0.6 is 12.2 Å². The minimum atomic E-state index is -0.610. The average molecular weight is 429 g/mol. The highest BCUT2D eigenvalue weighted by atomic mass is 32.1. The van der Waals surface area contributed by atoms with E-state index in [1.165, 1.54) is 0 Å². The van der Waals surface area contributed by atoms with Crippen molar-refractivity contribution in [3.8, 4) is 5.75 Å². The lowest BCUT2D eigenvalue weighted by atomic mass is 9.90. The first-order valence-corrected chi connectivity index (χ1v) is 10.1. The van der Waals surface area contributed by atoms with Crippen LogP contribution in [0.3, 0.4) is 0 Å². The lowest BCUT2D eigenvalue weighted by molar-refractivity contribution is -0.145. The van der Waals surface area contributed by atoms with Crippen LogP contribution in [0.2, 0.25) is 0 Å². The van der Waals surface area contributed by atoms with E-state index in [-0.39, 0.29) is 19.8 Å². The number of benzene rings is 2. The quantitative estimate of drug-likeness (QED) is 0.514. The van der Waals surface area contributed by atoms with E-state index < -0.39 is 18.0 Å². The molecule has 0 saturated heterocycles. The molecule has 0 spiro atoms. The summed E-state index contributed by atoms with van der Waals surface area (Å²) in [5, 5.41) is 8.37. The fourth-order valence-corrected chi connectivity index (χ4v) is 3.70. The lowest BCUT2D eigenvalue weighted by Gasteiger charge is -2.31. The molecule has 7 nitrogen and oxygen atoms in total. The van der Waals surface area contributed by atoms with Gasteiger partial charge in [-0.25, -0.2) is 9.59 Å². The van der Waals surface area contributed by atoms with Gasteiger partial charge in [0.25, 0.3) is 0 Å². The van der Waals surface area contributed by atoms with Gasteiger partial charge in [0.2, 0.25) is 0 Å². The molecule has 0 saturated carbocycles. The summed E-state index contributed by atoms with van der Waals surface area (Å²) in [6, 6.07) is 10.8. The molecule has 2 aromatic rings. The molecule has 2 N–H and O–H groups in total. The number of carbonyl (C=O) groups excluding carboxylic acids is 2. The Morgan fingerprint density at radius 3 is 2.53 bits per heavy atom. The monoisotopic (exact) mass is 428 g/mol.